The van der Waals surface area contributed by atoms with Gasteiger partial charge in [0.05, 0.1) is 13.7 Å². The Morgan fingerprint density at radius 1 is 1.11 bits per heavy atom. The fourth-order valence-electron chi connectivity index (χ4n) is 3.93. The molecule has 0 saturated carbocycles. The zero-order valence-electron chi connectivity index (χ0n) is 20.4. The average molecular weight is 511 g/mol. The molecule has 0 spiro atoms. The van der Waals surface area contributed by atoms with Crippen LogP contribution in [0.5, 0.6) is 17.2 Å². The third-order valence-electron chi connectivity index (χ3n) is 5.75. The van der Waals surface area contributed by atoms with Crippen molar-refractivity contribution in [3.8, 4) is 17.2 Å². The Labute approximate surface area is 214 Å². The van der Waals surface area contributed by atoms with E-state index in [9.17, 15) is 9.59 Å². The lowest BCUT2D eigenvalue weighted by molar-refractivity contribution is -0.126. The summed E-state index contributed by atoms with van der Waals surface area (Å²) in [6.07, 6.45) is 0.677. The summed E-state index contributed by atoms with van der Waals surface area (Å²) in [6.45, 7) is 3.94. The monoisotopic (exact) mass is 510 g/mol. The number of thiophene rings is 1. The predicted octanol–water partition coefficient (Wildman–Crippen LogP) is 4.41. The van der Waals surface area contributed by atoms with E-state index in [1.807, 2.05) is 36.6 Å². The molecule has 0 saturated heterocycles. The number of rotatable bonds is 12. The number of ether oxygens (including phenoxy) is 4. The van der Waals surface area contributed by atoms with Gasteiger partial charge in [0.2, 0.25) is 12.7 Å². The van der Waals surface area contributed by atoms with Crippen molar-refractivity contribution >= 4 is 23.2 Å². The van der Waals surface area contributed by atoms with Crippen LogP contribution in [-0.4, -0.2) is 50.4 Å². The van der Waals surface area contributed by atoms with E-state index < -0.39 is 6.04 Å². The van der Waals surface area contributed by atoms with Gasteiger partial charge in [-0.25, -0.2) is 0 Å². The van der Waals surface area contributed by atoms with E-state index >= 15 is 0 Å². The van der Waals surface area contributed by atoms with E-state index in [0.717, 1.165) is 4.88 Å². The van der Waals surface area contributed by atoms with Gasteiger partial charge in [0, 0.05) is 30.2 Å². The lowest BCUT2D eigenvalue weighted by Crippen LogP contribution is -2.43. The highest BCUT2D eigenvalue weighted by Crippen LogP contribution is 2.34. The molecule has 0 unspecified atom stereocenters. The Morgan fingerprint density at radius 3 is 2.64 bits per heavy atom. The fourth-order valence-corrected chi connectivity index (χ4v) is 4.63. The first-order chi connectivity index (χ1) is 17.6. The summed E-state index contributed by atoms with van der Waals surface area (Å²) in [5.41, 5.74) is 1.10. The van der Waals surface area contributed by atoms with Crippen LogP contribution < -0.4 is 19.5 Å². The zero-order valence-corrected chi connectivity index (χ0v) is 21.2. The summed E-state index contributed by atoms with van der Waals surface area (Å²) in [5.74, 6) is 1.23. The van der Waals surface area contributed by atoms with Crippen LogP contribution in [0.3, 0.4) is 0 Å². The number of hydrogen-bond donors (Lipinski definition) is 1. The molecule has 2 aromatic carbocycles. The van der Waals surface area contributed by atoms with Crippen LogP contribution in [0.2, 0.25) is 0 Å². The second-order valence-electron chi connectivity index (χ2n) is 8.10. The molecule has 0 bridgehead atoms. The Hall–Kier alpha value is -3.56. The maximum absolute atomic E-state index is 13.9. The van der Waals surface area contributed by atoms with Gasteiger partial charge in [-0.2, -0.15) is 0 Å². The first kappa shape index (κ1) is 25.5. The maximum Gasteiger partial charge on any atom is 0.255 e. The van der Waals surface area contributed by atoms with Gasteiger partial charge < -0.3 is 29.2 Å². The van der Waals surface area contributed by atoms with E-state index in [-0.39, 0.29) is 25.2 Å². The van der Waals surface area contributed by atoms with Crippen LogP contribution >= 0.6 is 11.3 Å². The summed E-state index contributed by atoms with van der Waals surface area (Å²) in [4.78, 5) is 30.1. The first-order valence-corrected chi connectivity index (χ1v) is 12.7. The molecule has 8 nitrogen and oxygen atoms in total. The maximum atomic E-state index is 13.9. The molecule has 0 radical (unpaired) electrons. The Kier molecular flexibility index (Phi) is 8.80. The molecule has 1 N–H and O–H groups in total. The minimum atomic E-state index is -0.858. The molecular formula is C27H30N2O6S. The quantitative estimate of drug-likeness (QED) is 0.363. The van der Waals surface area contributed by atoms with Crippen molar-refractivity contribution in [3.05, 3.63) is 76.0 Å². The standard InChI is InChI=1S/C27H30N2O6S/c1-3-33-14-5-13-28-26(30)25(19-7-10-21(32-2)11-8-19)29(17-22-6-4-15-36-22)27(31)20-9-12-23-24(16-20)35-18-34-23/h4,6-12,15-16,25H,3,5,13-14,17-18H2,1-2H3,(H,28,30)/t25-/m1/s1. The van der Waals surface area contributed by atoms with Crippen molar-refractivity contribution in [1.82, 2.24) is 10.2 Å². The lowest BCUT2D eigenvalue weighted by atomic mass is 10.0. The molecule has 9 heteroatoms. The van der Waals surface area contributed by atoms with Crippen LogP contribution in [-0.2, 0) is 16.1 Å². The molecule has 4 rings (SSSR count). The highest BCUT2D eigenvalue weighted by molar-refractivity contribution is 7.09. The van der Waals surface area contributed by atoms with Crippen LogP contribution in [0.4, 0.5) is 0 Å². The van der Waals surface area contributed by atoms with Gasteiger partial charge in [-0.15, -0.1) is 11.3 Å². The fraction of sp³-hybridized carbons (Fsp3) is 0.333. The molecule has 190 valence electrons. The predicted molar refractivity (Wildman–Crippen MR) is 137 cm³/mol. The van der Waals surface area contributed by atoms with Crippen LogP contribution in [0.25, 0.3) is 0 Å². The minimum Gasteiger partial charge on any atom is -0.497 e. The first-order valence-electron chi connectivity index (χ1n) is 11.8. The molecule has 2 amide bonds. The van der Waals surface area contributed by atoms with Gasteiger partial charge in [-0.05, 0) is 60.7 Å². The Balaban J connectivity index is 1.67. The van der Waals surface area contributed by atoms with Gasteiger partial charge in [0.15, 0.2) is 11.5 Å². The summed E-state index contributed by atoms with van der Waals surface area (Å²) >= 11 is 1.53. The molecular weight excluding hydrogens is 480 g/mol. The lowest BCUT2D eigenvalue weighted by Gasteiger charge is -2.31. The molecule has 1 aromatic heterocycles. The molecule has 1 aliphatic heterocycles. The molecule has 1 atom stereocenters. The van der Waals surface area contributed by atoms with E-state index in [2.05, 4.69) is 5.32 Å². The summed E-state index contributed by atoms with van der Waals surface area (Å²) < 4.78 is 21.6. The van der Waals surface area contributed by atoms with E-state index in [1.165, 1.54) is 11.3 Å². The number of carbonyl (C=O) groups excluding carboxylic acids is 2. The van der Waals surface area contributed by atoms with E-state index in [4.69, 9.17) is 18.9 Å². The number of amides is 2. The highest BCUT2D eigenvalue weighted by atomic mass is 32.1. The normalized spacial score (nSPS) is 12.7. The van der Waals surface area contributed by atoms with Crippen molar-refractivity contribution in [3.63, 3.8) is 0 Å². The number of nitrogens with one attached hydrogen (secondary N) is 1. The number of fused-ring (bicyclic) bond motifs is 1. The van der Waals surface area contributed by atoms with Gasteiger partial charge in [0.25, 0.3) is 5.91 Å². The molecule has 1 aliphatic rings. The number of methoxy groups -OCH3 is 1. The van der Waals surface area contributed by atoms with Crippen LogP contribution in [0.1, 0.15) is 40.2 Å². The zero-order chi connectivity index (χ0) is 25.3. The summed E-state index contributed by atoms with van der Waals surface area (Å²) in [7, 11) is 1.59. The summed E-state index contributed by atoms with van der Waals surface area (Å²) in [5, 5.41) is 4.94. The van der Waals surface area contributed by atoms with Gasteiger partial charge in [-0.1, -0.05) is 18.2 Å². The second-order valence-corrected chi connectivity index (χ2v) is 9.13. The SMILES string of the molecule is CCOCCCNC(=O)[C@@H](c1ccc(OC)cc1)N(Cc1cccs1)C(=O)c1ccc2c(c1)OCO2. The number of nitrogens with zero attached hydrogens (tertiary/aromatic N) is 1. The van der Waals surface area contributed by atoms with Crippen molar-refractivity contribution in [2.45, 2.75) is 25.9 Å². The third kappa shape index (κ3) is 6.16. The molecule has 0 fully saturated rings. The van der Waals surface area contributed by atoms with E-state index in [0.29, 0.717) is 54.6 Å². The van der Waals surface area contributed by atoms with Crippen LogP contribution in [0.15, 0.2) is 60.0 Å². The average Bonchev–Trinajstić information content (AvgIpc) is 3.60. The van der Waals surface area contributed by atoms with Crippen molar-refractivity contribution in [2.75, 3.05) is 33.7 Å². The number of benzene rings is 2. The molecule has 3 aromatic rings. The number of hydrogen-bond acceptors (Lipinski definition) is 7. The third-order valence-corrected chi connectivity index (χ3v) is 6.61. The van der Waals surface area contributed by atoms with Crippen molar-refractivity contribution < 1.29 is 28.5 Å². The number of carbonyl (C=O) groups is 2. The highest BCUT2D eigenvalue weighted by Gasteiger charge is 2.33. The van der Waals surface area contributed by atoms with Gasteiger partial charge >= 0.3 is 0 Å². The van der Waals surface area contributed by atoms with Crippen molar-refractivity contribution in [1.29, 1.82) is 0 Å². The topological polar surface area (TPSA) is 86.3 Å². The molecule has 2 heterocycles. The van der Waals surface area contributed by atoms with Crippen LogP contribution in [0, 0.1) is 0 Å². The minimum absolute atomic E-state index is 0.116. The second kappa shape index (κ2) is 12.4. The molecule has 36 heavy (non-hydrogen) atoms. The smallest absolute Gasteiger partial charge is 0.255 e. The van der Waals surface area contributed by atoms with Crippen molar-refractivity contribution in [2.24, 2.45) is 0 Å². The van der Waals surface area contributed by atoms with Gasteiger partial charge in [-0.3, -0.25) is 9.59 Å². The largest absolute Gasteiger partial charge is 0.497 e. The summed E-state index contributed by atoms with van der Waals surface area (Å²) in [6, 6.07) is 15.3. The molecule has 0 aliphatic carbocycles. The van der Waals surface area contributed by atoms with E-state index in [1.54, 1.807) is 42.3 Å². The Bertz CT molecular complexity index is 1150. The Morgan fingerprint density at radius 2 is 1.92 bits per heavy atom. The van der Waals surface area contributed by atoms with Gasteiger partial charge in [0.1, 0.15) is 11.8 Å².